The van der Waals surface area contributed by atoms with Crippen LogP contribution < -0.4 is 27.6 Å². The number of hydrogen-bond donors (Lipinski definition) is 2. The molecule has 264 valence electrons. The van der Waals surface area contributed by atoms with Crippen molar-refractivity contribution >= 4 is 25.6 Å². The lowest BCUT2D eigenvalue weighted by Crippen LogP contribution is -3.00. The number of unbranched alkanes of at least 4 members (excludes halogenated alkanes) is 6. The highest BCUT2D eigenvalue weighted by atomic mass is 35.5. The third-order valence-electron chi connectivity index (χ3n) is 5.81. The Kier molecular flexibility index (Phi) is 28.2. The van der Waals surface area contributed by atoms with Crippen LogP contribution in [0.1, 0.15) is 58.8 Å². The summed E-state index contributed by atoms with van der Waals surface area (Å²) in [6.07, 6.45) is 11.5. The highest BCUT2D eigenvalue weighted by Crippen LogP contribution is 2.49. The Morgan fingerprint density at radius 1 is 0.848 bits per heavy atom. The molecule has 0 aliphatic carbocycles. The van der Waals surface area contributed by atoms with Gasteiger partial charge in [-0.2, -0.15) is 9.83 Å². The average molecular weight is 696 g/mol. The van der Waals surface area contributed by atoms with Gasteiger partial charge < -0.3 is 41.4 Å². The number of rotatable bonds is 27. The maximum Gasteiger partial charge on any atom is 0.513 e. The van der Waals surface area contributed by atoms with Crippen molar-refractivity contribution < 1.29 is 63.6 Å². The fraction of sp³-hybridized carbons (Fsp3) is 0.724. The Morgan fingerprint density at radius 2 is 1.43 bits per heavy atom. The molecule has 0 fully saturated rings. The van der Waals surface area contributed by atoms with E-state index in [2.05, 4.69) is 15.6 Å². The summed E-state index contributed by atoms with van der Waals surface area (Å²) < 4.78 is 55.0. The number of phosphoric ester groups is 1. The van der Waals surface area contributed by atoms with Crippen molar-refractivity contribution in [2.75, 3.05) is 78.4 Å². The third kappa shape index (κ3) is 23.7. The monoisotopic (exact) mass is 695 g/mol. The van der Waals surface area contributed by atoms with Gasteiger partial charge in [-0.1, -0.05) is 32.1 Å². The number of carbonyl (C=O) groups is 1. The van der Waals surface area contributed by atoms with Crippen molar-refractivity contribution in [3.05, 3.63) is 24.5 Å². The molecular formula is C29H51ClN5O10P. The van der Waals surface area contributed by atoms with Crippen LogP contribution in [0.25, 0.3) is 0 Å². The van der Waals surface area contributed by atoms with Crippen molar-refractivity contribution in [1.29, 1.82) is 5.26 Å². The van der Waals surface area contributed by atoms with E-state index in [1.165, 1.54) is 0 Å². The van der Waals surface area contributed by atoms with E-state index >= 15 is 0 Å². The van der Waals surface area contributed by atoms with Crippen molar-refractivity contribution in [1.82, 2.24) is 5.32 Å². The molecule has 0 unspecified atom stereocenters. The number of hydrogen-bond acceptors (Lipinski definition) is 12. The first kappa shape index (κ1) is 43.5. The number of guanidine groups is 1. The molecule has 0 radical (unpaired) electrons. The molecule has 0 atom stereocenters. The largest absolute Gasteiger partial charge is 1.00 e. The van der Waals surface area contributed by atoms with Crippen LogP contribution in [0, 0.1) is 11.5 Å². The minimum absolute atomic E-state index is 0. The number of methoxy groups -OCH3 is 1. The van der Waals surface area contributed by atoms with Gasteiger partial charge in [0.2, 0.25) is 5.96 Å². The summed E-state index contributed by atoms with van der Waals surface area (Å²) in [5, 5.41) is 14.7. The second kappa shape index (κ2) is 29.8. The van der Waals surface area contributed by atoms with E-state index in [4.69, 9.17) is 42.5 Å². The number of aliphatic imine (C=N–C) groups is 1. The molecule has 1 heterocycles. The molecular weight excluding hydrogens is 645 g/mol. The molecule has 15 nitrogen and oxygen atoms in total. The smallest absolute Gasteiger partial charge is 0.513 e. The molecule has 0 aliphatic heterocycles. The lowest BCUT2D eigenvalue weighted by molar-refractivity contribution is -0.727. The number of nitrogens with one attached hydrogen (secondary N) is 2. The zero-order valence-corrected chi connectivity index (χ0v) is 28.9. The SMILES string of the molecule is CCOP(=O)(OCC)OCCCCCCCCCN=C(NC#N)Nc1cc[n+](COC(=O)OCCOCCOCCOC)cc1.[Cl-]. The first-order chi connectivity index (χ1) is 22.0. The summed E-state index contributed by atoms with van der Waals surface area (Å²) >= 11 is 0. The molecule has 17 heteroatoms. The molecule has 1 rings (SSSR count). The molecule has 46 heavy (non-hydrogen) atoms. The topological polar surface area (TPSA) is 172 Å². The average Bonchev–Trinajstić information content (AvgIpc) is 3.02. The number of nitrogens with zero attached hydrogens (tertiary/aromatic N) is 3. The van der Waals surface area contributed by atoms with E-state index in [-0.39, 0.29) is 45.6 Å². The van der Waals surface area contributed by atoms with E-state index in [1.807, 2.05) is 6.19 Å². The Balaban J connectivity index is 0.0000202. The summed E-state index contributed by atoms with van der Waals surface area (Å²) in [6, 6.07) is 3.53. The van der Waals surface area contributed by atoms with Gasteiger partial charge in [-0.25, -0.2) is 9.36 Å². The predicted octanol–water partition coefficient (Wildman–Crippen LogP) is 1.54. The van der Waals surface area contributed by atoms with E-state index in [0.717, 1.165) is 44.9 Å². The summed E-state index contributed by atoms with van der Waals surface area (Å²) in [4.78, 5) is 16.2. The lowest BCUT2D eigenvalue weighted by atomic mass is 10.1. The Hall–Kier alpha value is -2.54. The fourth-order valence-electron chi connectivity index (χ4n) is 3.64. The Morgan fingerprint density at radius 3 is 2.04 bits per heavy atom. The molecule has 2 N–H and O–H groups in total. The number of aromatic nitrogens is 1. The van der Waals surface area contributed by atoms with E-state index < -0.39 is 14.0 Å². The molecule has 0 aliphatic rings. The normalized spacial score (nSPS) is 11.4. The van der Waals surface area contributed by atoms with Gasteiger partial charge in [0, 0.05) is 25.8 Å². The molecule has 0 spiro atoms. The zero-order chi connectivity index (χ0) is 32.9. The highest BCUT2D eigenvalue weighted by molar-refractivity contribution is 7.48. The van der Waals surface area contributed by atoms with Gasteiger partial charge in [0.1, 0.15) is 6.61 Å². The first-order valence-electron chi connectivity index (χ1n) is 15.4. The van der Waals surface area contributed by atoms with Crippen molar-refractivity contribution in [3.63, 3.8) is 0 Å². The van der Waals surface area contributed by atoms with E-state index in [9.17, 15) is 9.36 Å². The van der Waals surface area contributed by atoms with Crippen LogP contribution >= 0.6 is 7.82 Å². The summed E-state index contributed by atoms with van der Waals surface area (Å²) in [5.74, 6) is 0.357. The number of halogens is 1. The van der Waals surface area contributed by atoms with Crippen LogP contribution in [0.4, 0.5) is 10.5 Å². The summed E-state index contributed by atoms with van der Waals surface area (Å²) in [7, 11) is -1.81. The minimum Gasteiger partial charge on any atom is -1.00 e. The van der Waals surface area contributed by atoms with Crippen LogP contribution in [0.3, 0.4) is 0 Å². The predicted molar refractivity (Wildman–Crippen MR) is 166 cm³/mol. The van der Waals surface area contributed by atoms with Crippen LogP contribution in [0.5, 0.6) is 0 Å². The fourth-order valence-corrected chi connectivity index (χ4v) is 4.85. The molecule has 0 aromatic carbocycles. The molecule has 0 saturated heterocycles. The van der Waals surface area contributed by atoms with Crippen LogP contribution in [-0.4, -0.2) is 85.2 Å². The molecule has 0 saturated carbocycles. The molecule has 0 amide bonds. The quantitative estimate of drug-likeness (QED) is 0.0199. The van der Waals surface area contributed by atoms with Crippen molar-refractivity contribution in [2.45, 2.75) is 65.5 Å². The number of phosphoric acid groups is 1. The first-order valence-corrected chi connectivity index (χ1v) is 16.9. The zero-order valence-electron chi connectivity index (χ0n) is 27.3. The van der Waals surface area contributed by atoms with E-state index in [0.29, 0.717) is 51.2 Å². The second-order valence-electron chi connectivity index (χ2n) is 9.37. The minimum atomic E-state index is -3.42. The van der Waals surface area contributed by atoms with Crippen molar-refractivity contribution in [2.24, 2.45) is 4.99 Å². The summed E-state index contributed by atoms with van der Waals surface area (Å²) in [6.45, 7) is 7.14. The van der Waals surface area contributed by atoms with Crippen LogP contribution in [0.15, 0.2) is 29.5 Å². The maximum atomic E-state index is 12.2. The number of ether oxygens (including phenoxy) is 5. The number of nitriles is 1. The number of anilines is 1. The molecule has 1 aromatic rings. The van der Waals surface area contributed by atoms with Crippen LogP contribution in [0.2, 0.25) is 0 Å². The third-order valence-corrected chi connectivity index (χ3v) is 7.45. The van der Waals surface area contributed by atoms with Gasteiger partial charge in [-0.05, 0) is 26.7 Å². The highest BCUT2D eigenvalue weighted by Gasteiger charge is 2.24. The van der Waals surface area contributed by atoms with E-state index in [1.54, 1.807) is 50.1 Å². The molecule has 1 aromatic heterocycles. The van der Waals surface area contributed by atoms with Crippen LogP contribution in [-0.2, 0) is 48.6 Å². The van der Waals surface area contributed by atoms with Gasteiger partial charge in [0.15, 0.2) is 18.6 Å². The lowest BCUT2D eigenvalue weighted by Gasteiger charge is -2.16. The standard InChI is InChI=1S/C29H50N5O10P.ClH/c1-4-42-45(36,43-5-2)44-18-12-10-8-6-7-9-11-15-31-28(32-25-30)33-27-13-16-34(17-14-27)26-41-29(35)40-24-23-39-22-21-38-20-19-37-3;/h13-14,16-17H,4-12,15,18-24,26H2,1-3H3,(H,31,32);1H. The second-order valence-corrected chi connectivity index (χ2v) is 11.0. The Bertz CT molecular complexity index is 1010. The Labute approximate surface area is 279 Å². The molecule has 0 bridgehead atoms. The van der Waals surface area contributed by atoms with Gasteiger partial charge in [0.25, 0.3) is 6.73 Å². The van der Waals surface area contributed by atoms with Crippen molar-refractivity contribution in [3.8, 4) is 6.19 Å². The number of carbonyl (C=O) groups excluding carboxylic acids is 1. The van der Waals surface area contributed by atoms with Gasteiger partial charge in [0.05, 0.1) is 58.5 Å². The van der Waals surface area contributed by atoms with Gasteiger partial charge in [-0.3, -0.25) is 23.9 Å². The maximum absolute atomic E-state index is 12.2. The summed E-state index contributed by atoms with van der Waals surface area (Å²) in [5.41, 5.74) is 0.710. The number of pyridine rings is 1. The van der Waals surface area contributed by atoms with Gasteiger partial charge >= 0.3 is 14.0 Å². The van der Waals surface area contributed by atoms with Gasteiger partial charge in [-0.15, -0.1) is 0 Å².